The number of hydrogen-bond acceptors (Lipinski definition) is 2. The molecule has 0 saturated carbocycles. The predicted molar refractivity (Wildman–Crippen MR) is 67.0 cm³/mol. The second-order valence-corrected chi connectivity index (χ2v) is 4.33. The summed E-state index contributed by atoms with van der Waals surface area (Å²) in [6.45, 7) is 1.63. The number of rotatable bonds is 1. The summed E-state index contributed by atoms with van der Waals surface area (Å²) in [4.78, 5) is 23.8. The van der Waals surface area contributed by atoms with E-state index in [0.717, 1.165) is 10.6 Å². The lowest BCUT2D eigenvalue weighted by Crippen LogP contribution is -2.38. The average Bonchev–Trinajstić information content (AvgIpc) is 2.29. The minimum absolute atomic E-state index is 0.106. The molecule has 0 unspecified atom stereocenters. The van der Waals surface area contributed by atoms with E-state index in [1.165, 1.54) is 29.8 Å². The van der Waals surface area contributed by atoms with E-state index < -0.39 is 17.1 Å². The van der Waals surface area contributed by atoms with Crippen molar-refractivity contribution in [2.45, 2.75) is 6.92 Å². The molecule has 1 heterocycles. The largest absolute Gasteiger partial charge is 0.335 e. The highest BCUT2D eigenvalue weighted by molar-refractivity contribution is 6.30. The highest BCUT2D eigenvalue weighted by Crippen LogP contribution is 2.16. The molecule has 0 aliphatic rings. The molecule has 18 heavy (non-hydrogen) atoms. The normalized spacial score (nSPS) is 10.7. The Morgan fingerprint density at radius 1 is 1.22 bits per heavy atom. The second-order valence-electron chi connectivity index (χ2n) is 3.90. The first kappa shape index (κ1) is 12.6. The Balaban J connectivity index is 2.84. The van der Waals surface area contributed by atoms with Crippen molar-refractivity contribution in [3.05, 3.63) is 61.6 Å². The van der Waals surface area contributed by atoms with Gasteiger partial charge in [0, 0.05) is 23.8 Å². The third kappa shape index (κ3) is 1.97. The van der Waals surface area contributed by atoms with Gasteiger partial charge in [-0.25, -0.2) is 13.8 Å². The molecular weight excluding hydrogens is 259 g/mol. The van der Waals surface area contributed by atoms with Crippen molar-refractivity contribution in [1.29, 1.82) is 0 Å². The van der Waals surface area contributed by atoms with Crippen LogP contribution in [-0.2, 0) is 7.05 Å². The summed E-state index contributed by atoms with van der Waals surface area (Å²) in [6, 6.07) is 5.06. The van der Waals surface area contributed by atoms with Crippen LogP contribution in [0, 0.1) is 12.7 Å². The third-order valence-electron chi connectivity index (χ3n) is 2.71. The monoisotopic (exact) mass is 268 g/mol. The molecule has 0 radical (unpaired) electrons. The molecule has 2 rings (SSSR count). The van der Waals surface area contributed by atoms with Gasteiger partial charge in [-0.15, -0.1) is 0 Å². The lowest BCUT2D eigenvalue weighted by molar-refractivity contribution is 0.605. The van der Waals surface area contributed by atoms with Gasteiger partial charge in [-0.2, -0.15) is 0 Å². The summed E-state index contributed by atoms with van der Waals surface area (Å²) < 4.78 is 15.8. The lowest BCUT2D eigenvalue weighted by atomic mass is 10.3. The molecule has 1 aromatic heterocycles. The van der Waals surface area contributed by atoms with Gasteiger partial charge in [-0.05, 0) is 25.1 Å². The van der Waals surface area contributed by atoms with Crippen LogP contribution in [0.3, 0.4) is 0 Å². The Kier molecular flexibility index (Phi) is 3.09. The summed E-state index contributed by atoms with van der Waals surface area (Å²) in [6.07, 6.45) is 0. The van der Waals surface area contributed by atoms with Crippen molar-refractivity contribution in [2.75, 3.05) is 0 Å². The van der Waals surface area contributed by atoms with E-state index in [1.54, 1.807) is 6.92 Å². The zero-order chi connectivity index (χ0) is 13.4. The van der Waals surface area contributed by atoms with Crippen LogP contribution in [0.25, 0.3) is 5.69 Å². The first-order valence-electron chi connectivity index (χ1n) is 5.17. The third-order valence-corrected chi connectivity index (χ3v) is 2.95. The highest BCUT2D eigenvalue weighted by atomic mass is 35.5. The molecule has 0 fully saturated rings. The van der Waals surface area contributed by atoms with Gasteiger partial charge in [-0.3, -0.25) is 4.79 Å². The van der Waals surface area contributed by atoms with E-state index >= 15 is 0 Å². The fourth-order valence-electron chi connectivity index (χ4n) is 1.62. The van der Waals surface area contributed by atoms with E-state index in [0.29, 0.717) is 5.69 Å². The fraction of sp³-hybridized carbons (Fsp3) is 0.167. The summed E-state index contributed by atoms with van der Waals surface area (Å²) in [7, 11) is 1.52. The Bertz CT molecular complexity index is 734. The summed E-state index contributed by atoms with van der Waals surface area (Å²) in [5, 5.41) is 0.202. The molecule has 94 valence electrons. The van der Waals surface area contributed by atoms with Gasteiger partial charge in [0.2, 0.25) is 0 Å². The van der Waals surface area contributed by atoms with E-state index in [9.17, 15) is 14.0 Å². The minimum Gasteiger partial charge on any atom is -0.301 e. The Morgan fingerprint density at radius 2 is 1.89 bits per heavy atom. The van der Waals surface area contributed by atoms with E-state index in [-0.39, 0.29) is 10.7 Å². The van der Waals surface area contributed by atoms with Crippen LogP contribution in [0.15, 0.2) is 33.9 Å². The molecule has 0 saturated heterocycles. The van der Waals surface area contributed by atoms with Crippen LogP contribution in [0.4, 0.5) is 4.39 Å². The van der Waals surface area contributed by atoms with Crippen molar-refractivity contribution in [1.82, 2.24) is 9.13 Å². The number of nitrogens with zero attached hydrogens (tertiary/aromatic N) is 2. The minimum atomic E-state index is -0.717. The number of benzene rings is 1. The predicted octanol–water partition coefficient (Wildman–Crippen LogP) is 1.64. The van der Waals surface area contributed by atoms with E-state index in [1.807, 2.05) is 0 Å². The Hall–Kier alpha value is -1.88. The van der Waals surface area contributed by atoms with Crippen LogP contribution in [-0.4, -0.2) is 9.13 Å². The Morgan fingerprint density at radius 3 is 2.50 bits per heavy atom. The molecule has 0 bridgehead atoms. The van der Waals surface area contributed by atoms with Gasteiger partial charge >= 0.3 is 5.69 Å². The average molecular weight is 269 g/mol. The molecule has 2 aromatic rings. The maximum atomic E-state index is 13.7. The second kappa shape index (κ2) is 4.42. The quantitative estimate of drug-likeness (QED) is 0.789. The van der Waals surface area contributed by atoms with E-state index in [4.69, 9.17) is 11.6 Å². The van der Waals surface area contributed by atoms with Gasteiger partial charge in [0.15, 0.2) is 0 Å². The first-order chi connectivity index (χ1) is 8.41. The zero-order valence-electron chi connectivity index (χ0n) is 9.78. The number of hydrogen-bond donors (Lipinski definition) is 0. The van der Waals surface area contributed by atoms with Crippen LogP contribution in [0.5, 0.6) is 0 Å². The van der Waals surface area contributed by atoms with Crippen molar-refractivity contribution in [2.24, 2.45) is 7.05 Å². The fourth-order valence-corrected chi connectivity index (χ4v) is 1.78. The highest BCUT2D eigenvalue weighted by Gasteiger charge is 2.12. The maximum Gasteiger partial charge on any atom is 0.335 e. The standard InChI is InChI=1S/C12H10ClFN2O2/c1-7-5-11(17)16(12(18)15(7)2)10-4-3-8(13)6-9(10)14/h3-6H,1-2H3. The molecular formula is C12H10ClFN2O2. The van der Waals surface area contributed by atoms with Gasteiger partial charge < -0.3 is 4.57 Å². The Labute approximate surface area is 107 Å². The molecule has 4 nitrogen and oxygen atoms in total. The van der Waals surface area contributed by atoms with Crippen molar-refractivity contribution < 1.29 is 4.39 Å². The van der Waals surface area contributed by atoms with Gasteiger partial charge in [-0.1, -0.05) is 11.6 Å². The van der Waals surface area contributed by atoms with Gasteiger partial charge in [0.1, 0.15) is 5.82 Å². The van der Waals surface area contributed by atoms with Crippen LogP contribution in [0.1, 0.15) is 5.69 Å². The topological polar surface area (TPSA) is 44.0 Å². The van der Waals surface area contributed by atoms with Crippen molar-refractivity contribution in [3.63, 3.8) is 0 Å². The van der Waals surface area contributed by atoms with Crippen LogP contribution >= 0.6 is 11.6 Å². The molecule has 0 N–H and O–H groups in total. The molecule has 0 aliphatic heterocycles. The van der Waals surface area contributed by atoms with Gasteiger partial charge in [0.05, 0.1) is 5.69 Å². The van der Waals surface area contributed by atoms with Crippen molar-refractivity contribution >= 4 is 11.6 Å². The first-order valence-corrected chi connectivity index (χ1v) is 5.54. The van der Waals surface area contributed by atoms with Crippen LogP contribution in [0.2, 0.25) is 5.02 Å². The number of aryl methyl sites for hydroxylation is 1. The molecule has 6 heteroatoms. The van der Waals surface area contributed by atoms with Gasteiger partial charge in [0.25, 0.3) is 5.56 Å². The van der Waals surface area contributed by atoms with Crippen LogP contribution < -0.4 is 11.2 Å². The van der Waals surface area contributed by atoms with E-state index in [2.05, 4.69) is 0 Å². The smallest absolute Gasteiger partial charge is 0.301 e. The zero-order valence-corrected chi connectivity index (χ0v) is 10.5. The number of halogens is 2. The molecule has 0 spiro atoms. The molecule has 1 aromatic carbocycles. The summed E-state index contributed by atoms with van der Waals surface area (Å²) in [5.41, 5.74) is -0.765. The molecule has 0 aliphatic carbocycles. The summed E-state index contributed by atoms with van der Waals surface area (Å²) in [5.74, 6) is -0.717. The SMILES string of the molecule is Cc1cc(=O)n(-c2ccc(Cl)cc2F)c(=O)n1C. The molecule has 0 atom stereocenters. The maximum absolute atomic E-state index is 13.7. The molecule has 0 amide bonds. The van der Waals surface area contributed by atoms with Crippen molar-refractivity contribution in [3.8, 4) is 5.69 Å². The number of aromatic nitrogens is 2. The summed E-state index contributed by atoms with van der Waals surface area (Å²) >= 11 is 5.63. The lowest BCUT2D eigenvalue weighted by Gasteiger charge is -2.09.